The molecule has 0 aliphatic carbocycles. The van der Waals surface area contributed by atoms with Gasteiger partial charge in [0.2, 0.25) is 0 Å². The highest BCUT2D eigenvalue weighted by atomic mass is 35.5. The van der Waals surface area contributed by atoms with E-state index in [2.05, 4.69) is 20.5 Å². The first-order valence-corrected chi connectivity index (χ1v) is 8.66. The number of rotatable bonds is 3. The van der Waals surface area contributed by atoms with Crippen molar-refractivity contribution in [2.75, 3.05) is 5.32 Å². The minimum Gasteiger partial charge on any atom is -0.296 e. The van der Waals surface area contributed by atoms with Crippen LogP contribution in [0.25, 0.3) is 15.9 Å². The van der Waals surface area contributed by atoms with Crippen molar-refractivity contribution >= 4 is 44.2 Å². The van der Waals surface area contributed by atoms with Crippen LogP contribution in [0.5, 0.6) is 0 Å². The van der Waals surface area contributed by atoms with Gasteiger partial charge >= 0.3 is 0 Å². The van der Waals surface area contributed by atoms with Gasteiger partial charge in [-0.25, -0.2) is 4.98 Å². The van der Waals surface area contributed by atoms with Crippen molar-refractivity contribution in [1.82, 2.24) is 20.0 Å². The van der Waals surface area contributed by atoms with E-state index in [-0.39, 0.29) is 11.6 Å². The van der Waals surface area contributed by atoms with E-state index in [1.807, 2.05) is 42.5 Å². The monoisotopic (exact) mass is 369 g/mol. The van der Waals surface area contributed by atoms with Crippen molar-refractivity contribution < 1.29 is 4.79 Å². The molecule has 0 aliphatic rings. The summed E-state index contributed by atoms with van der Waals surface area (Å²) < 4.78 is 0.910. The lowest BCUT2D eigenvalue weighted by Crippen LogP contribution is -2.14. The van der Waals surface area contributed by atoms with Gasteiger partial charge in [0.15, 0.2) is 10.8 Å². The SMILES string of the molecule is Cc1nn(-c2ccccc2)nc1C(=O)Nc1nc2ccc(Cl)cc2s1. The van der Waals surface area contributed by atoms with E-state index in [1.165, 1.54) is 16.1 Å². The van der Waals surface area contributed by atoms with E-state index < -0.39 is 0 Å². The number of thiazole rings is 1. The molecule has 2 aromatic carbocycles. The van der Waals surface area contributed by atoms with Crippen molar-refractivity contribution in [2.45, 2.75) is 6.92 Å². The normalized spacial score (nSPS) is 11.0. The summed E-state index contributed by atoms with van der Waals surface area (Å²) in [7, 11) is 0. The standard InChI is InChI=1S/C17H12ClN5OS/c1-10-15(22-23(21-10)12-5-3-2-4-6-12)16(24)20-17-19-13-8-7-11(18)9-14(13)25-17/h2-9H,1H3,(H,19,20,24). The van der Waals surface area contributed by atoms with Gasteiger partial charge in [-0.3, -0.25) is 10.1 Å². The zero-order valence-corrected chi connectivity index (χ0v) is 14.7. The Balaban J connectivity index is 1.61. The van der Waals surface area contributed by atoms with E-state index in [1.54, 1.807) is 13.0 Å². The minimum absolute atomic E-state index is 0.265. The van der Waals surface area contributed by atoms with E-state index in [9.17, 15) is 4.79 Å². The summed E-state index contributed by atoms with van der Waals surface area (Å²) in [5.41, 5.74) is 2.39. The van der Waals surface area contributed by atoms with Crippen molar-refractivity contribution in [3.8, 4) is 5.69 Å². The van der Waals surface area contributed by atoms with Crippen LogP contribution < -0.4 is 5.32 Å². The van der Waals surface area contributed by atoms with E-state index in [0.717, 1.165) is 15.9 Å². The van der Waals surface area contributed by atoms with Crippen LogP contribution in [-0.4, -0.2) is 25.9 Å². The number of amides is 1. The van der Waals surface area contributed by atoms with Crippen molar-refractivity contribution in [1.29, 1.82) is 0 Å². The second-order valence-electron chi connectivity index (χ2n) is 5.34. The molecule has 0 aliphatic heterocycles. The Kier molecular flexibility index (Phi) is 3.95. The molecule has 0 radical (unpaired) electrons. The smallest absolute Gasteiger partial charge is 0.279 e. The second kappa shape index (κ2) is 6.27. The molecule has 1 N–H and O–H groups in total. The zero-order chi connectivity index (χ0) is 17.4. The summed E-state index contributed by atoms with van der Waals surface area (Å²) in [4.78, 5) is 18.4. The van der Waals surface area contributed by atoms with Gasteiger partial charge in [0.25, 0.3) is 5.91 Å². The molecule has 6 nitrogen and oxygen atoms in total. The Morgan fingerprint density at radius 3 is 2.76 bits per heavy atom. The van der Waals surface area contributed by atoms with Gasteiger partial charge in [-0.2, -0.15) is 9.90 Å². The fourth-order valence-corrected chi connectivity index (χ4v) is 3.51. The summed E-state index contributed by atoms with van der Waals surface area (Å²) in [6.45, 7) is 1.75. The van der Waals surface area contributed by atoms with E-state index in [4.69, 9.17) is 11.6 Å². The average Bonchev–Trinajstić information content (AvgIpc) is 3.18. The molecular formula is C17H12ClN5OS. The number of carbonyl (C=O) groups excluding carboxylic acids is 1. The lowest BCUT2D eigenvalue weighted by Gasteiger charge is -1.98. The average molecular weight is 370 g/mol. The van der Waals surface area contributed by atoms with Gasteiger partial charge in [0.05, 0.1) is 21.6 Å². The Morgan fingerprint density at radius 2 is 1.96 bits per heavy atom. The number of anilines is 1. The number of para-hydroxylation sites is 1. The number of fused-ring (bicyclic) bond motifs is 1. The van der Waals surface area contributed by atoms with Gasteiger partial charge in [-0.1, -0.05) is 41.1 Å². The molecule has 0 fully saturated rings. The summed E-state index contributed by atoms with van der Waals surface area (Å²) in [6.07, 6.45) is 0. The Bertz CT molecular complexity index is 1070. The molecule has 0 saturated carbocycles. The molecule has 4 rings (SSSR count). The molecule has 0 spiro atoms. The maximum absolute atomic E-state index is 12.5. The van der Waals surface area contributed by atoms with Crippen molar-refractivity contribution in [3.63, 3.8) is 0 Å². The third kappa shape index (κ3) is 3.11. The lowest BCUT2D eigenvalue weighted by atomic mass is 10.3. The number of aryl methyl sites for hydroxylation is 1. The van der Waals surface area contributed by atoms with Gasteiger partial charge in [0.1, 0.15) is 0 Å². The van der Waals surface area contributed by atoms with Crippen LogP contribution in [-0.2, 0) is 0 Å². The highest BCUT2D eigenvalue weighted by Crippen LogP contribution is 2.28. The lowest BCUT2D eigenvalue weighted by molar-refractivity contribution is 0.102. The highest BCUT2D eigenvalue weighted by Gasteiger charge is 2.18. The molecular weight excluding hydrogens is 358 g/mol. The topological polar surface area (TPSA) is 72.7 Å². The maximum Gasteiger partial charge on any atom is 0.279 e. The van der Waals surface area contributed by atoms with Crippen molar-refractivity contribution in [3.05, 3.63) is 64.9 Å². The van der Waals surface area contributed by atoms with Gasteiger partial charge in [0, 0.05) is 5.02 Å². The molecule has 25 heavy (non-hydrogen) atoms. The summed E-state index contributed by atoms with van der Waals surface area (Å²) >= 11 is 7.34. The first-order valence-electron chi connectivity index (χ1n) is 7.47. The number of benzene rings is 2. The fraction of sp³-hybridized carbons (Fsp3) is 0.0588. The number of nitrogens with zero attached hydrogens (tertiary/aromatic N) is 4. The zero-order valence-electron chi connectivity index (χ0n) is 13.1. The summed E-state index contributed by atoms with van der Waals surface area (Å²) in [6, 6.07) is 14.8. The van der Waals surface area contributed by atoms with Crippen LogP contribution >= 0.6 is 22.9 Å². The first-order chi connectivity index (χ1) is 12.1. The quantitative estimate of drug-likeness (QED) is 0.590. The van der Waals surface area contributed by atoms with E-state index >= 15 is 0 Å². The van der Waals surface area contributed by atoms with Crippen LogP contribution in [0.3, 0.4) is 0 Å². The Hall–Kier alpha value is -2.77. The van der Waals surface area contributed by atoms with Crippen LogP contribution in [0, 0.1) is 6.92 Å². The number of aromatic nitrogens is 4. The van der Waals surface area contributed by atoms with Crippen LogP contribution in [0.15, 0.2) is 48.5 Å². The predicted molar refractivity (Wildman–Crippen MR) is 98.7 cm³/mol. The highest BCUT2D eigenvalue weighted by molar-refractivity contribution is 7.22. The van der Waals surface area contributed by atoms with Gasteiger partial charge in [-0.05, 0) is 37.3 Å². The molecule has 1 amide bonds. The second-order valence-corrected chi connectivity index (χ2v) is 6.81. The molecule has 2 aromatic heterocycles. The molecule has 2 heterocycles. The van der Waals surface area contributed by atoms with Crippen LogP contribution in [0.1, 0.15) is 16.2 Å². The number of hydrogen-bond donors (Lipinski definition) is 1. The van der Waals surface area contributed by atoms with Gasteiger partial charge in [-0.15, -0.1) is 5.10 Å². The molecule has 4 aromatic rings. The molecule has 0 unspecified atom stereocenters. The third-order valence-corrected chi connectivity index (χ3v) is 4.72. The van der Waals surface area contributed by atoms with Crippen LogP contribution in [0.2, 0.25) is 5.02 Å². The number of nitrogens with one attached hydrogen (secondary N) is 1. The molecule has 124 valence electrons. The summed E-state index contributed by atoms with van der Waals surface area (Å²) in [5.74, 6) is -0.343. The fourth-order valence-electron chi connectivity index (χ4n) is 2.37. The molecule has 0 atom stereocenters. The third-order valence-electron chi connectivity index (χ3n) is 3.56. The minimum atomic E-state index is -0.343. The van der Waals surface area contributed by atoms with Crippen molar-refractivity contribution in [2.24, 2.45) is 0 Å². The van der Waals surface area contributed by atoms with Gasteiger partial charge < -0.3 is 0 Å². The Labute approximate surface area is 152 Å². The summed E-state index contributed by atoms with van der Waals surface area (Å²) in [5, 5.41) is 12.5. The van der Waals surface area contributed by atoms with Crippen LogP contribution in [0.4, 0.5) is 5.13 Å². The van der Waals surface area contributed by atoms with E-state index in [0.29, 0.717) is 15.8 Å². The molecule has 0 bridgehead atoms. The number of hydrogen-bond acceptors (Lipinski definition) is 5. The first kappa shape index (κ1) is 15.7. The number of carbonyl (C=O) groups is 1. The largest absolute Gasteiger partial charge is 0.296 e. The molecule has 0 saturated heterocycles. The Morgan fingerprint density at radius 1 is 1.16 bits per heavy atom. The predicted octanol–water partition coefficient (Wildman–Crippen LogP) is 4.09. The maximum atomic E-state index is 12.5. The number of halogens is 1. The molecule has 8 heteroatoms.